The smallest absolute Gasteiger partial charge is 0.318 e. The first-order chi connectivity index (χ1) is 24.1. The molecule has 1 atom stereocenters. The highest BCUT2D eigenvalue weighted by atomic mass is 32.2. The summed E-state index contributed by atoms with van der Waals surface area (Å²) in [5, 5.41) is 22.1. The summed E-state index contributed by atoms with van der Waals surface area (Å²) in [6, 6.07) is 16.0. The Morgan fingerprint density at radius 3 is 2.32 bits per heavy atom. The molecule has 4 aliphatic heterocycles. The number of likely N-dealkylation sites (tertiary alicyclic amines) is 2. The predicted molar refractivity (Wildman–Crippen MR) is 179 cm³/mol. The van der Waals surface area contributed by atoms with Gasteiger partial charge in [0.1, 0.15) is 0 Å². The third kappa shape index (κ3) is 5.62. The van der Waals surface area contributed by atoms with Gasteiger partial charge in [0.2, 0.25) is 5.88 Å². The number of nitrogens with zero attached hydrogens (tertiary/aromatic N) is 7. The summed E-state index contributed by atoms with van der Waals surface area (Å²) in [5.41, 5.74) is -1.57. The van der Waals surface area contributed by atoms with Crippen LogP contribution in [0.1, 0.15) is 29.2 Å². The number of urea groups is 1. The van der Waals surface area contributed by atoms with Crippen LogP contribution >= 0.6 is 0 Å². The molecule has 1 aromatic heterocycles. The fraction of sp³-hybridized carbons (Fsp3) is 0.400. The Hall–Kier alpha value is -5.06. The molecule has 1 spiro atoms. The Morgan fingerprint density at radius 1 is 0.960 bits per heavy atom. The average molecular weight is 697 g/mol. The SMILES string of the molecule is CCOc1ncccc1[C@]1(NC(=O)N2CC3(CN(CCN4CCOCC4)C3)C2)C(=O)N(S(=O)(=O)c2ccc(C#N)cc2)c2ccc(C#N)cc21. The Kier molecular flexibility index (Phi) is 8.69. The molecule has 0 unspecified atom stereocenters. The molecule has 7 rings (SSSR count). The molecule has 3 saturated heterocycles. The number of carbonyl (C=O) groups excluding carboxylic acids is 2. The molecular weight excluding hydrogens is 661 g/mol. The number of pyridine rings is 1. The topological polar surface area (TPSA) is 172 Å². The summed E-state index contributed by atoms with van der Waals surface area (Å²) in [5.74, 6) is -0.952. The minimum atomic E-state index is -4.58. The van der Waals surface area contributed by atoms with Gasteiger partial charge in [0.25, 0.3) is 15.9 Å². The van der Waals surface area contributed by atoms with Gasteiger partial charge in [0.05, 0.1) is 59.2 Å². The number of hydrogen-bond acceptors (Lipinski definition) is 11. The second-order valence-corrected chi connectivity index (χ2v) is 14.8. The lowest BCUT2D eigenvalue weighted by Crippen LogP contribution is -2.74. The third-order valence-corrected chi connectivity index (χ3v) is 11.5. The second-order valence-electron chi connectivity index (χ2n) is 13.0. The molecule has 3 aromatic rings. The zero-order valence-electron chi connectivity index (χ0n) is 27.5. The van der Waals surface area contributed by atoms with Crippen molar-refractivity contribution in [2.24, 2.45) is 5.41 Å². The lowest BCUT2D eigenvalue weighted by atomic mass is 9.73. The first-order valence-electron chi connectivity index (χ1n) is 16.5. The van der Waals surface area contributed by atoms with Crippen LogP contribution in [0.4, 0.5) is 10.5 Å². The first-order valence-corrected chi connectivity index (χ1v) is 17.9. The quantitative estimate of drug-likeness (QED) is 0.346. The maximum Gasteiger partial charge on any atom is 0.318 e. The van der Waals surface area contributed by atoms with Crippen LogP contribution in [0.15, 0.2) is 65.7 Å². The summed E-state index contributed by atoms with van der Waals surface area (Å²) >= 11 is 0. The van der Waals surface area contributed by atoms with E-state index in [1.807, 2.05) is 6.07 Å². The fourth-order valence-corrected chi connectivity index (χ4v) is 8.86. The molecule has 50 heavy (non-hydrogen) atoms. The van der Waals surface area contributed by atoms with Crippen LogP contribution in [-0.4, -0.2) is 112 Å². The van der Waals surface area contributed by atoms with Crippen molar-refractivity contribution < 1.29 is 27.5 Å². The molecule has 3 amide bonds. The van der Waals surface area contributed by atoms with E-state index in [0.717, 1.165) is 52.5 Å². The normalized spacial score (nSPS) is 21.5. The van der Waals surface area contributed by atoms with Crippen molar-refractivity contribution in [3.63, 3.8) is 0 Å². The maximum absolute atomic E-state index is 15.0. The highest BCUT2D eigenvalue weighted by Gasteiger charge is 2.60. The number of sulfonamides is 1. The molecule has 14 nitrogen and oxygen atoms in total. The molecule has 0 bridgehead atoms. The van der Waals surface area contributed by atoms with Crippen LogP contribution < -0.4 is 14.4 Å². The van der Waals surface area contributed by atoms with Gasteiger partial charge in [-0.15, -0.1) is 0 Å². The van der Waals surface area contributed by atoms with Gasteiger partial charge in [-0.2, -0.15) is 14.8 Å². The lowest BCUT2D eigenvalue weighted by Gasteiger charge is -2.60. The van der Waals surface area contributed by atoms with E-state index < -0.39 is 27.5 Å². The van der Waals surface area contributed by atoms with Crippen molar-refractivity contribution >= 4 is 27.6 Å². The summed E-state index contributed by atoms with van der Waals surface area (Å²) in [6.45, 7) is 9.85. The number of morpholine rings is 1. The van der Waals surface area contributed by atoms with Gasteiger partial charge in [0.15, 0.2) is 5.54 Å². The van der Waals surface area contributed by atoms with E-state index in [1.54, 1.807) is 24.0 Å². The number of carbonyl (C=O) groups is 2. The van der Waals surface area contributed by atoms with Crippen molar-refractivity contribution in [3.05, 3.63) is 83.0 Å². The van der Waals surface area contributed by atoms with Crippen LogP contribution in [-0.2, 0) is 25.1 Å². The standard InChI is InChI=1S/C35H36N8O6S/c1-2-49-31-28(4-3-11-38-31)35(39-33(45)42-23-34(24-42)21-41(22-34)13-12-40-14-16-48-17-15-40)29-18-26(20-37)7-10-30(29)43(32(35)44)50(46,47)27-8-5-25(19-36)6-9-27/h3-11,18H,2,12-17,21-24H2,1H3,(H,39,45)/t35-/m1/s1. The predicted octanol–water partition coefficient (Wildman–Crippen LogP) is 1.86. The molecule has 0 aliphatic carbocycles. The summed E-state index contributed by atoms with van der Waals surface area (Å²) < 4.78 is 40.5. The van der Waals surface area contributed by atoms with Crippen LogP contribution in [0.2, 0.25) is 0 Å². The van der Waals surface area contributed by atoms with Crippen molar-refractivity contribution in [1.29, 1.82) is 10.5 Å². The van der Waals surface area contributed by atoms with E-state index in [9.17, 15) is 28.5 Å². The number of ether oxygens (including phenoxy) is 2. The maximum atomic E-state index is 15.0. The van der Waals surface area contributed by atoms with E-state index in [2.05, 4.69) is 26.2 Å². The van der Waals surface area contributed by atoms with E-state index in [4.69, 9.17) is 9.47 Å². The monoisotopic (exact) mass is 696 g/mol. The molecule has 15 heteroatoms. The number of nitriles is 2. The van der Waals surface area contributed by atoms with Gasteiger partial charge < -0.3 is 24.6 Å². The first kappa shape index (κ1) is 33.4. The zero-order valence-corrected chi connectivity index (χ0v) is 28.4. The van der Waals surface area contributed by atoms with E-state index in [1.165, 1.54) is 48.7 Å². The Bertz CT molecular complexity index is 2010. The van der Waals surface area contributed by atoms with Gasteiger partial charge in [-0.1, -0.05) is 0 Å². The molecule has 5 heterocycles. The van der Waals surface area contributed by atoms with Gasteiger partial charge in [-0.25, -0.2) is 18.2 Å². The molecule has 2 aromatic carbocycles. The van der Waals surface area contributed by atoms with Crippen molar-refractivity contribution in [2.45, 2.75) is 17.4 Å². The van der Waals surface area contributed by atoms with Gasteiger partial charge in [-0.3, -0.25) is 9.69 Å². The number of anilines is 1. The molecule has 0 radical (unpaired) electrons. The molecule has 3 fully saturated rings. The van der Waals surface area contributed by atoms with E-state index in [-0.39, 0.29) is 50.7 Å². The summed E-state index contributed by atoms with van der Waals surface area (Å²) in [4.78, 5) is 39.7. The lowest BCUT2D eigenvalue weighted by molar-refractivity contribution is -0.122. The van der Waals surface area contributed by atoms with Crippen LogP contribution in [0.5, 0.6) is 5.88 Å². The molecule has 0 saturated carbocycles. The number of fused-ring (bicyclic) bond motifs is 1. The fourth-order valence-electron chi connectivity index (χ4n) is 7.40. The van der Waals surface area contributed by atoms with E-state index in [0.29, 0.717) is 17.4 Å². The Balaban J connectivity index is 1.21. The van der Waals surface area contributed by atoms with Crippen molar-refractivity contribution in [2.75, 3.05) is 76.5 Å². The highest BCUT2D eigenvalue weighted by Crippen LogP contribution is 2.50. The zero-order chi connectivity index (χ0) is 35.1. The molecular formula is C35H36N8O6S. The van der Waals surface area contributed by atoms with Crippen LogP contribution in [0, 0.1) is 28.1 Å². The van der Waals surface area contributed by atoms with Gasteiger partial charge in [-0.05, 0) is 61.5 Å². The molecule has 258 valence electrons. The average Bonchev–Trinajstić information content (AvgIpc) is 3.35. The largest absolute Gasteiger partial charge is 0.478 e. The molecule has 1 N–H and O–H groups in total. The van der Waals surface area contributed by atoms with E-state index >= 15 is 0 Å². The second kappa shape index (κ2) is 13.0. The van der Waals surface area contributed by atoms with Crippen molar-refractivity contribution in [3.8, 4) is 18.0 Å². The minimum absolute atomic E-state index is 0.0278. The number of rotatable bonds is 9. The van der Waals surface area contributed by atoms with Gasteiger partial charge in [0, 0.05) is 69.5 Å². The molecule has 4 aliphatic rings. The number of amides is 3. The number of benzene rings is 2. The third-order valence-electron chi connectivity index (χ3n) is 9.82. The van der Waals surface area contributed by atoms with Gasteiger partial charge >= 0.3 is 6.03 Å². The summed E-state index contributed by atoms with van der Waals surface area (Å²) in [7, 11) is -4.58. The Morgan fingerprint density at radius 2 is 1.64 bits per heavy atom. The number of nitrogens with one attached hydrogen (secondary N) is 1. The number of aromatic nitrogens is 1. The Labute approximate surface area is 290 Å². The van der Waals surface area contributed by atoms with Crippen LogP contribution in [0.3, 0.4) is 0 Å². The number of hydrogen-bond donors (Lipinski definition) is 1. The summed E-state index contributed by atoms with van der Waals surface area (Å²) in [6.07, 6.45) is 1.47. The van der Waals surface area contributed by atoms with Crippen molar-refractivity contribution in [1.82, 2.24) is 25.0 Å². The van der Waals surface area contributed by atoms with Crippen LogP contribution in [0.25, 0.3) is 0 Å². The minimum Gasteiger partial charge on any atom is -0.478 e. The highest BCUT2D eigenvalue weighted by molar-refractivity contribution is 7.93.